The summed E-state index contributed by atoms with van der Waals surface area (Å²) in [4.78, 5) is 20.7. The number of hydrogen-bond acceptors (Lipinski definition) is 7. The number of aromatic nitrogens is 1. The van der Waals surface area contributed by atoms with Gasteiger partial charge in [0.25, 0.3) is 5.91 Å². The van der Waals surface area contributed by atoms with Crippen LogP contribution in [0.15, 0.2) is 0 Å². The normalized spacial score (nSPS) is 16.2. The number of carbonyl (C=O) groups excluding carboxylic acids is 1. The van der Waals surface area contributed by atoms with E-state index in [1.54, 1.807) is 7.05 Å². The molecule has 1 aromatic heterocycles. The topological polar surface area (TPSA) is 91.9 Å². The number of carbonyl (C=O) groups is 1. The van der Waals surface area contributed by atoms with E-state index in [0.717, 1.165) is 31.1 Å². The predicted molar refractivity (Wildman–Crippen MR) is 82.8 cm³/mol. The first-order valence-electron chi connectivity index (χ1n) is 6.96. The number of nitrogens with zero attached hydrogens (tertiary/aromatic N) is 3. The van der Waals surface area contributed by atoms with E-state index in [2.05, 4.69) is 9.88 Å². The Labute approximate surface area is 128 Å². The Kier molecular flexibility index (Phi) is 5.38. The van der Waals surface area contributed by atoms with Crippen LogP contribution in [0.4, 0.5) is 10.9 Å². The highest BCUT2D eigenvalue weighted by Gasteiger charge is 2.24. The molecule has 1 aliphatic heterocycles. The summed E-state index contributed by atoms with van der Waals surface area (Å²) in [5, 5.41) is 10.5. The molecular formula is C13H22N4O3S. The summed E-state index contributed by atoms with van der Waals surface area (Å²) in [5.74, 6) is 0.0468. The maximum atomic E-state index is 12.4. The molecule has 1 aliphatic rings. The second-order valence-corrected chi connectivity index (χ2v) is 6.18. The van der Waals surface area contributed by atoms with Gasteiger partial charge in [0.2, 0.25) is 0 Å². The monoisotopic (exact) mass is 314 g/mol. The number of ether oxygens (including phenoxy) is 1. The Balaban J connectivity index is 2.04. The van der Waals surface area contributed by atoms with Gasteiger partial charge in [0.15, 0.2) is 5.13 Å². The maximum absolute atomic E-state index is 12.4. The Morgan fingerprint density at radius 1 is 1.57 bits per heavy atom. The number of likely N-dealkylation sites (N-methyl/N-ethyl adjacent to an activating group) is 1. The molecule has 0 saturated carbocycles. The molecule has 3 N–H and O–H groups in total. The van der Waals surface area contributed by atoms with Crippen LogP contribution in [-0.4, -0.2) is 67.4 Å². The number of amides is 1. The van der Waals surface area contributed by atoms with Gasteiger partial charge in [-0.25, -0.2) is 4.98 Å². The van der Waals surface area contributed by atoms with E-state index < -0.39 is 6.10 Å². The lowest BCUT2D eigenvalue weighted by Crippen LogP contribution is -2.36. The van der Waals surface area contributed by atoms with Crippen molar-refractivity contribution in [1.82, 2.24) is 9.88 Å². The third-order valence-electron chi connectivity index (χ3n) is 3.40. The largest absolute Gasteiger partial charge is 0.389 e. The van der Waals surface area contributed by atoms with E-state index >= 15 is 0 Å². The van der Waals surface area contributed by atoms with Crippen LogP contribution in [0, 0.1) is 0 Å². The van der Waals surface area contributed by atoms with Gasteiger partial charge in [-0.15, -0.1) is 0 Å². The van der Waals surface area contributed by atoms with Gasteiger partial charge < -0.3 is 25.4 Å². The summed E-state index contributed by atoms with van der Waals surface area (Å²) in [7, 11) is 3.14. The van der Waals surface area contributed by atoms with Crippen LogP contribution in [0.1, 0.15) is 22.5 Å². The van der Waals surface area contributed by atoms with Gasteiger partial charge in [0, 0.05) is 33.8 Å². The molecule has 7 nitrogen and oxygen atoms in total. The van der Waals surface area contributed by atoms with Crippen LogP contribution >= 0.6 is 11.3 Å². The Hall–Kier alpha value is -1.38. The third kappa shape index (κ3) is 3.84. The fraction of sp³-hybridized carbons (Fsp3) is 0.692. The summed E-state index contributed by atoms with van der Waals surface area (Å²) in [6, 6.07) is 0. The van der Waals surface area contributed by atoms with Crippen molar-refractivity contribution < 1.29 is 14.6 Å². The highest BCUT2D eigenvalue weighted by atomic mass is 32.1. The quantitative estimate of drug-likeness (QED) is 0.790. The van der Waals surface area contributed by atoms with Crippen molar-refractivity contribution in [1.29, 1.82) is 0 Å². The molecule has 0 aromatic carbocycles. The minimum absolute atomic E-state index is 0.189. The average Bonchev–Trinajstić information content (AvgIpc) is 3.06. The Morgan fingerprint density at radius 3 is 2.86 bits per heavy atom. The lowest BCUT2D eigenvalue weighted by atomic mass is 10.3. The maximum Gasteiger partial charge on any atom is 0.267 e. The summed E-state index contributed by atoms with van der Waals surface area (Å²) < 4.78 is 4.86. The molecule has 21 heavy (non-hydrogen) atoms. The van der Waals surface area contributed by atoms with E-state index in [1.807, 2.05) is 0 Å². The number of anilines is 2. The van der Waals surface area contributed by atoms with Gasteiger partial charge in [-0.2, -0.15) is 0 Å². The molecule has 2 heterocycles. The standard InChI is InChI=1S/C13H22N4O3S/c1-16(7-9(18)8-20-2)12(19)10-11(14)15-13(21-10)17-5-3-4-6-17/h9,18H,3-8,14H2,1-2H3. The molecule has 118 valence electrons. The Morgan fingerprint density at radius 2 is 2.24 bits per heavy atom. The number of nitrogens with two attached hydrogens (primary N) is 1. The minimum atomic E-state index is -0.712. The van der Waals surface area contributed by atoms with Crippen molar-refractivity contribution in [2.75, 3.05) is 51.0 Å². The number of hydrogen-bond donors (Lipinski definition) is 2. The van der Waals surface area contributed by atoms with Crippen LogP contribution in [0.25, 0.3) is 0 Å². The smallest absolute Gasteiger partial charge is 0.267 e. The van der Waals surface area contributed by atoms with Crippen LogP contribution in [0.5, 0.6) is 0 Å². The zero-order chi connectivity index (χ0) is 15.4. The van der Waals surface area contributed by atoms with E-state index in [0.29, 0.717) is 4.88 Å². The van der Waals surface area contributed by atoms with Crippen LogP contribution in [0.2, 0.25) is 0 Å². The van der Waals surface area contributed by atoms with Gasteiger partial charge in [-0.3, -0.25) is 4.79 Å². The summed E-state index contributed by atoms with van der Waals surface area (Å²) >= 11 is 1.32. The predicted octanol–water partition coefficient (Wildman–Crippen LogP) is 0.405. The summed E-state index contributed by atoms with van der Waals surface area (Å²) in [6.07, 6.45) is 1.58. The fourth-order valence-corrected chi connectivity index (χ4v) is 3.37. The second-order valence-electron chi connectivity index (χ2n) is 5.20. The molecular weight excluding hydrogens is 292 g/mol. The van der Waals surface area contributed by atoms with Gasteiger partial charge in [-0.1, -0.05) is 11.3 Å². The number of thiazole rings is 1. The molecule has 0 aliphatic carbocycles. The van der Waals surface area contributed by atoms with E-state index in [-0.39, 0.29) is 24.9 Å². The first-order valence-corrected chi connectivity index (χ1v) is 7.78. The lowest BCUT2D eigenvalue weighted by Gasteiger charge is -2.19. The zero-order valence-corrected chi connectivity index (χ0v) is 13.2. The van der Waals surface area contributed by atoms with Crippen molar-refractivity contribution in [3.8, 4) is 0 Å². The van der Waals surface area contributed by atoms with Gasteiger partial charge in [0.05, 0.1) is 12.7 Å². The molecule has 0 radical (unpaired) electrons. The van der Waals surface area contributed by atoms with Gasteiger partial charge >= 0.3 is 0 Å². The molecule has 0 spiro atoms. The molecule has 2 rings (SSSR count). The SMILES string of the molecule is COCC(O)CN(C)C(=O)c1sc(N2CCCC2)nc1N. The molecule has 1 unspecified atom stereocenters. The first-order chi connectivity index (χ1) is 10.0. The van der Waals surface area contributed by atoms with Crippen molar-refractivity contribution in [3.05, 3.63) is 4.88 Å². The van der Waals surface area contributed by atoms with Crippen molar-refractivity contribution in [3.63, 3.8) is 0 Å². The molecule has 8 heteroatoms. The van der Waals surface area contributed by atoms with Crippen molar-refractivity contribution >= 4 is 28.2 Å². The fourth-order valence-electron chi connectivity index (χ4n) is 2.33. The highest BCUT2D eigenvalue weighted by molar-refractivity contribution is 7.18. The van der Waals surface area contributed by atoms with Crippen LogP contribution < -0.4 is 10.6 Å². The molecule has 1 aromatic rings. The molecule has 1 amide bonds. The molecule has 0 bridgehead atoms. The van der Waals surface area contributed by atoms with E-state index in [9.17, 15) is 9.90 Å². The number of rotatable bonds is 6. The van der Waals surface area contributed by atoms with Gasteiger partial charge in [-0.05, 0) is 12.8 Å². The molecule has 1 fully saturated rings. The summed E-state index contributed by atoms with van der Waals surface area (Å²) in [6.45, 7) is 2.31. The van der Waals surface area contributed by atoms with Crippen LogP contribution in [0.3, 0.4) is 0 Å². The minimum Gasteiger partial charge on any atom is -0.389 e. The average molecular weight is 314 g/mol. The Bertz CT molecular complexity index is 488. The number of methoxy groups -OCH3 is 1. The van der Waals surface area contributed by atoms with Crippen molar-refractivity contribution in [2.45, 2.75) is 18.9 Å². The van der Waals surface area contributed by atoms with E-state index in [1.165, 1.54) is 23.3 Å². The lowest BCUT2D eigenvalue weighted by molar-refractivity contribution is 0.0382. The third-order valence-corrected chi connectivity index (χ3v) is 4.52. The van der Waals surface area contributed by atoms with Gasteiger partial charge in [0.1, 0.15) is 10.7 Å². The van der Waals surface area contributed by atoms with Crippen LogP contribution in [-0.2, 0) is 4.74 Å². The second kappa shape index (κ2) is 7.06. The van der Waals surface area contributed by atoms with Crippen molar-refractivity contribution in [2.24, 2.45) is 0 Å². The number of nitrogen functional groups attached to an aromatic ring is 1. The number of aliphatic hydroxyl groups is 1. The first kappa shape index (κ1) is 16.0. The van der Waals surface area contributed by atoms with E-state index in [4.69, 9.17) is 10.5 Å². The zero-order valence-electron chi connectivity index (χ0n) is 12.4. The number of aliphatic hydroxyl groups excluding tert-OH is 1. The highest BCUT2D eigenvalue weighted by Crippen LogP contribution is 2.31. The molecule has 1 saturated heterocycles. The summed E-state index contributed by atoms with van der Waals surface area (Å²) in [5.41, 5.74) is 5.88. The molecule has 1 atom stereocenters.